The van der Waals surface area contributed by atoms with Gasteiger partial charge in [0.25, 0.3) is 0 Å². The quantitative estimate of drug-likeness (QED) is 0.693. The molecule has 0 aliphatic heterocycles. The topological polar surface area (TPSA) is 64.0 Å². The zero-order valence-electron chi connectivity index (χ0n) is 14.4. The highest BCUT2D eigenvalue weighted by molar-refractivity contribution is 7.89. The van der Waals surface area contributed by atoms with Crippen molar-refractivity contribution in [1.82, 2.24) is 14.3 Å². The first kappa shape index (κ1) is 18.3. The van der Waals surface area contributed by atoms with Gasteiger partial charge in [-0.1, -0.05) is 36.4 Å². The molecule has 0 amide bonds. The molecule has 0 saturated carbocycles. The van der Waals surface area contributed by atoms with E-state index in [2.05, 4.69) is 9.71 Å². The minimum absolute atomic E-state index is 0.140. The van der Waals surface area contributed by atoms with Gasteiger partial charge in [-0.2, -0.15) is 0 Å². The molecule has 1 aromatic heterocycles. The monoisotopic (exact) mass is 373 g/mol. The molecule has 0 radical (unpaired) electrons. The second kappa shape index (κ2) is 7.80. The number of halogens is 1. The molecule has 26 heavy (non-hydrogen) atoms. The smallest absolute Gasteiger partial charge is 0.243 e. The summed E-state index contributed by atoms with van der Waals surface area (Å²) in [6, 6.07) is 14.0. The average molecular weight is 373 g/mol. The average Bonchev–Trinajstić information content (AvgIpc) is 3.05. The Morgan fingerprint density at radius 2 is 1.92 bits per heavy atom. The Hall–Kier alpha value is -2.51. The lowest BCUT2D eigenvalue weighted by Gasteiger charge is -2.10. The lowest BCUT2D eigenvalue weighted by Crippen LogP contribution is -2.27. The number of hydrogen-bond donors (Lipinski definition) is 1. The zero-order chi connectivity index (χ0) is 18.6. The predicted molar refractivity (Wildman–Crippen MR) is 97.8 cm³/mol. The molecule has 0 aliphatic carbocycles. The van der Waals surface area contributed by atoms with E-state index in [1.807, 2.05) is 41.1 Å². The van der Waals surface area contributed by atoms with Crippen LogP contribution in [0, 0.1) is 12.7 Å². The second-order valence-electron chi connectivity index (χ2n) is 6.04. The molecular weight excluding hydrogens is 353 g/mol. The maximum Gasteiger partial charge on any atom is 0.243 e. The summed E-state index contributed by atoms with van der Waals surface area (Å²) < 4.78 is 42.9. The Balaban J connectivity index is 1.65. The molecule has 0 saturated heterocycles. The van der Waals surface area contributed by atoms with Crippen LogP contribution in [0.1, 0.15) is 17.0 Å². The van der Waals surface area contributed by atoms with Crippen molar-refractivity contribution < 1.29 is 12.8 Å². The Morgan fingerprint density at radius 1 is 1.15 bits per heavy atom. The minimum atomic E-state index is -3.90. The molecule has 5 nitrogen and oxygen atoms in total. The molecule has 0 atom stereocenters. The molecular formula is C19H20FN3O2S. The van der Waals surface area contributed by atoms with Crippen LogP contribution in [0.3, 0.4) is 0 Å². The summed E-state index contributed by atoms with van der Waals surface area (Å²) >= 11 is 0. The summed E-state index contributed by atoms with van der Waals surface area (Å²) in [6.45, 7) is 2.52. The molecule has 0 unspecified atom stereocenters. The third kappa shape index (κ3) is 4.36. The largest absolute Gasteiger partial charge is 0.330 e. The summed E-state index contributed by atoms with van der Waals surface area (Å²) in [4.78, 5) is 3.96. The van der Waals surface area contributed by atoms with E-state index in [4.69, 9.17) is 0 Å². The Kier molecular flexibility index (Phi) is 5.49. The summed E-state index contributed by atoms with van der Waals surface area (Å²) in [5, 5.41) is 0. The fourth-order valence-electron chi connectivity index (χ4n) is 2.68. The molecule has 0 fully saturated rings. The van der Waals surface area contributed by atoms with Crippen LogP contribution in [-0.2, 0) is 23.0 Å². The number of sulfonamides is 1. The Bertz CT molecular complexity index is 985. The van der Waals surface area contributed by atoms with Crippen LogP contribution in [0.15, 0.2) is 65.8 Å². The lowest BCUT2D eigenvalue weighted by atomic mass is 10.2. The predicted octanol–water partition coefficient (Wildman–Crippen LogP) is 2.90. The van der Waals surface area contributed by atoms with E-state index in [-0.39, 0.29) is 11.4 Å². The van der Waals surface area contributed by atoms with Gasteiger partial charge in [0.2, 0.25) is 10.0 Å². The number of aromatic nitrogens is 2. The number of imidazole rings is 1. The molecule has 0 bridgehead atoms. The van der Waals surface area contributed by atoms with Crippen molar-refractivity contribution >= 4 is 10.0 Å². The van der Waals surface area contributed by atoms with Gasteiger partial charge in [-0.3, -0.25) is 0 Å². The summed E-state index contributed by atoms with van der Waals surface area (Å²) in [6.07, 6.45) is 3.95. The van der Waals surface area contributed by atoms with E-state index in [0.29, 0.717) is 18.5 Å². The third-order valence-corrected chi connectivity index (χ3v) is 5.49. The lowest BCUT2D eigenvalue weighted by molar-refractivity contribution is 0.555. The van der Waals surface area contributed by atoms with Crippen molar-refractivity contribution in [3.63, 3.8) is 0 Å². The van der Waals surface area contributed by atoms with E-state index >= 15 is 0 Å². The van der Waals surface area contributed by atoms with Gasteiger partial charge in [0.05, 0.1) is 0 Å². The number of nitrogens with zero attached hydrogens (tertiary/aromatic N) is 2. The van der Waals surface area contributed by atoms with Gasteiger partial charge in [0, 0.05) is 31.9 Å². The van der Waals surface area contributed by atoms with E-state index in [0.717, 1.165) is 17.5 Å². The van der Waals surface area contributed by atoms with Crippen molar-refractivity contribution in [2.24, 2.45) is 0 Å². The van der Waals surface area contributed by atoms with E-state index in [9.17, 15) is 12.8 Å². The van der Waals surface area contributed by atoms with Crippen LogP contribution < -0.4 is 4.72 Å². The van der Waals surface area contributed by atoms with E-state index in [1.54, 1.807) is 13.1 Å². The highest BCUT2D eigenvalue weighted by Gasteiger charge is 2.19. The van der Waals surface area contributed by atoms with Crippen LogP contribution in [0.2, 0.25) is 0 Å². The van der Waals surface area contributed by atoms with Crippen molar-refractivity contribution in [1.29, 1.82) is 0 Å². The molecule has 7 heteroatoms. The van der Waals surface area contributed by atoms with Crippen LogP contribution in [-0.4, -0.2) is 24.5 Å². The summed E-state index contributed by atoms with van der Waals surface area (Å²) in [7, 11) is -3.90. The summed E-state index contributed by atoms with van der Waals surface area (Å²) in [5.74, 6) is 0.00921. The van der Waals surface area contributed by atoms with Gasteiger partial charge < -0.3 is 4.57 Å². The number of hydrogen-bond acceptors (Lipinski definition) is 3. The first-order valence-corrected chi connectivity index (χ1v) is 9.74. The van der Waals surface area contributed by atoms with Gasteiger partial charge in [-0.05, 0) is 30.2 Å². The van der Waals surface area contributed by atoms with E-state index in [1.165, 1.54) is 12.1 Å². The molecule has 1 heterocycles. The highest BCUT2D eigenvalue weighted by atomic mass is 32.2. The van der Waals surface area contributed by atoms with Crippen LogP contribution in [0.25, 0.3) is 0 Å². The Morgan fingerprint density at radius 3 is 2.69 bits per heavy atom. The molecule has 0 spiro atoms. The normalized spacial score (nSPS) is 11.6. The van der Waals surface area contributed by atoms with Gasteiger partial charge in [-0.25, -0.2) is 22.5 Å². The first-order valence-electron chi connectivity index (χ1n) is 8.25. The number of benzene rings is 2. The van der Waals surface area contributed by atoms with Crippen LogP contribution in [0.4, 0.5) is 4.39 Å². The molecule has 2 aromatic carbocycles. The van der Waals surface area contributed by atoms with Crippen molar-refractivity contribution in [3.05, 3.63) is 83.7 Å². The second-order valence-corrected chi connectivity index (χ2v) is 7.77. The van der Waals surface area contributed by atoms with Crippen molar-refractivity contribution in [3.8, 4) is 0 Å². The maximum atomic E-state index is 13.8. The first-order chi connectivity index (χ1) is 12.5. The SMILES string of the molecule is Cc1ccc(F)c(S(=O)(=O)NCCc2nccn2Cc2ccccc2)c1. The zero-order valence-corrected chi connectivity index (χ0v) is 15.2. The fraction of sp³-hybridized carbons (Fsp3) is 0.211. The summed E-state index contributed by atoms with van der Waals surface area (Å²) in [5.41, 5.74) is 1.82. The van der Waals surface area contributed by atoms with Crippen molar-refractivity contribution in [2.45, 2.75) is 24.8 Å². The fourth-order valence-corrected chi connectivity index (χ4v) is 3.88. The van der Waals surface area contributed by atoms with Gasteiger partial charge in [0.1, 0.15) is 16.5 Å². The van der Waals surface area contributed by atoms with Crippen molar-refractivity contribution in [2.75, 3.05) is 6.54 Å². The van der Waals surface area contributed by atoms with Gasteiger partial charge >= 0.3 is 0 Å². The number of aryl methyl sites for hydroxylation is 1. The van der Waals surface area contributed by atoms with E-state index < -0.39 is 15.8 Å². The molecule has 1 N–H and O–H groups in total. The minimum Gasteiger partial charge on any atom is -0.330 e. The number of rotatable bonds is 7. The molecule has 3 aromatic rings. The maximum absolute atomic E-state index is 13.8. The molecule has 0 aliphatic rings. The standard InChI is InChI=1S/C19H20FN3O2S/c1-15-7-8-17(20)18(13-15)26(24,25)22-10-9-19-21-11-12-23(19)14-16-5-3-2-4-6-16/h2-8,11-13,22H,9-10,14H2,1H3. The third-order valence-electron chi connectivity index (χ3n) is 4.01. The van der Waals surface area contributed by atoms with Crippen LogP contribution >= 0.6 is 0 Å². The van der Waals surface area contributed by atoms with Crippen LogP contribution in [0.5, 0.6) is 0 Å². The molecule has 3 rings (SSSR count). The van der Waals surface area contributed by atoms with Gasteiger partial charge in [-0.15, -0.1) is 0 Å². The van der Waals surface area contributed by atoms with Gasteiger partial charge in [0.15, 0.2) is 0 Å². The number of nitrogens with one attached hydrogen (secondary N) is 1. The Labute approximate surface area is 152 Å². The highest BCUT2D eigenvalue weighted by Crippen LogP contribution is 2.16. The molecule has 136 valence electrons.